The highest BCUT2D eigenvalue weighted by atomic mass is 16.1. The van der Waals surface area contributed by atoms with Gasteiger partial charge in [0.1, 0.15) is 0 Å². The third kappa shape index (κ3) is 4.05. The van der Waals surface area contributed by atoms with Crippen molar-refractivity contribution in [2.24, 2.45) is 5.73 Å². The smallest absolute Gasteiger partial charge is 0.207 e. The largest absolute Gasteiger partial charge is 0.356 e. The molecule has 0 aliphatic heterocycles. The average molecular weight is 284 g/mol. The lowest BCUT2D eigenvalue weighted by atomic mass is 9.94. The number of rotatable bonds is 8. The number of benzene rings is 2. The predicted octanol–water partition coefficient (Wildman–Crippen LogP) is 2.80. The molecular weight excluding hydrogens is 260 g/mol. The second-order valence-electron chi connectivity index (χ2n) is 5.56. The van der Waals surface area contributed by atoms with Crippen LogP contribution in [0.4, 0.5) is 0 Å². The Morgan fingerprint density at radius 2 is 1.76 bits per heavy atom. The number of amides is 1. The number of unbranched alkanes of at least 4 members (excludes halogenated alkanes) is 1. The van der Waals surface area contributed by atoms with Crippen LogP contribution in [0.5, 0.6) is 0 Å². The molecule has 0 radical (unpaired) electrons. The van der Waals surface area contributed by atoms with Crippen molar-refractivity contribution in [3.63, 3.8) is 0 Å². The number of carbonyl (C=O) groups excluding carboxylic acids is 1. The number of fused-ring (bicyclic) bond motifs is 1. The van der Waals surface area contributed by atoms with Crippen molar-refractivity contribution >= 4 is 17.2 Å². The summed E-state index contributed by atoms with van der Waals surface area (Å²) in [5.41, 5.74) is 8.25. The van der Waals surface area contributed by atoms with Gasteiger partial charge in [-0.3, -0.25) is 4.79 Å². The Morgan fingerprint density at radius 3 is 2.43 bits per heavy atom. The Morgan fingerprint density at radius 1 is 1.10 bits per heavy atom. The van der Waals surface area contributed by atoms with Crippen molar-refractivity contribution in [2.75, 3.05) is 6.54 Å². The Bertz CT molecular complexity index is 595. The molecule has 0 bridgehead atoms. The van der Waals surface area contributed by atoms with Gasteiger partial charge in [-0.25, -0.2) is 0 Å². The van der Waals surface area contributed by atoms with Crippen LogP contribution in [0.1, 0.15) is 30.9 Å². The number of hydrogen-bond donors (Lipinski definition) is 2. The van der Waals surface area contributed by atoms with E-state index in [-0.39, 0.29) is 6.04 Å². The summed E-state index contributed by atoms with van der Waals surface area (Å²) in [6.45, 7) is 2.78. The lowest BCUT2D eigenvalue weighted by Crippen LogP contribution is -2.26. The van der Waals surface area contributed by atoms with Gasteiger partial charge >= 0.3 is 0 Å². The first kappa shape index (κ1) is 15.5. The van der Waals surface area contributed by atoms with Crippen molar-refractivity contribution in [1.82, 2.24) is 5.32 Å². The maximum absolute atomic E-state index is 10.5. The molecular formula is C18H24N2O. The van der Waals surface area contributed by atoms with Crippen LogP contribution in [0.15, 0.2) is 36.4 Å². The quantitative estimate of drug-likeness (QED) is 0.578. The fourth-order valence-electron chi connectivity index (χ4n) is 2.78. The van der Waals surface area contributed by atoms with E-state index >= 15 is 0 Å². The first-order chi connectivity index (χ1) is 10.3. The molecule has 3 N–H and O–H groups in total. The summed E-state index contributed by atoms with van der Waals surface area (Å²) in [6, 6.07) is 13.1. The molecule has 1 atom stereocenters. The molecule has 2 aromatic carbocycles. The Labute approximate surface area is 126 Å². The number of carbonyl (C=O) groups is 1. The number of nitrogens with one attached hydrogen (secondary N) is 1. The second kappa shape index (κ2) is 7.79. The molecule has 0 saturated carbocycles. The zero-order valence-electron chi connectivity index (χ0n) is 12.6. The van der Waals surface area contributed by atoms with Gasteiger partial charge < -0.3 is 11.1 Å². The molecule has 2 aromatic rings. The molecule has 0 aliphatic carbocycles. The third-order valence-electron chi connectivity index (χ3n) is 3.88. The summed E-state index contributed by atoms with van der Waals surface area (Å²) in [7, 11) is 0. The van der Waals surface area contributed by atoms with Crippen LogP contribution in [-0.2, 0) is 17.6 Å². The van der Waals surface area contributed by atoms with E-state index in [4.69, 9.17) is 5.73 Å². The Balaban J connectivity index is 2.28. The van der Waals surface area contributed by atoms with E-state index in [0.717, 1.165) is 38.6 Å². The predicted molar refractivity (Wildman–Crippen MR) is 88.3 cm³/mol. The Kier molecular flexibility index (Phi) is 5.76. The maximum Gasteiger partial charge on any atom is 0.207 e. The summed E-state index contributed by atoms with van der Waals surface area (Å²) >= 11 is 0. The zero-order valence-corrected chi connectivity index (χ0v) is 12.6. The molecule has 112 valence electrons. The summed E-state index contributed by atoms with van der Waals surface area (Å²) in [5, 5.41) is 5.44. The fraction of sp³-hybridized carbons (Fsp3) is 0.389. The van der Waals surface area contributed by atoms with Crippen molar-refractivity contribution in [3.05, 3.63) is 47.5 Å². The minimum atomic E-state index is 0.147. The van der Waals surface area contributed by atoms with Gasteiger partial charge in [-0.2, -0.15) is 0 Å². The van der Waals surface area contributed by atoms with Gasteiger partial charge in [-0.05, 0) is 61.1 Å². The lowest BCUT2D eigenvalue weighted by Gasteiger charge is -2.15. The van der Waals surface area contributed by atoms with Crippen LogP contribution in [0.25, 0.3) is 10.8 Å². The first-order valence-electron chi connectivity index (χ1n) is 7.65. The van der Waals surface area contributed by atoms with Crippen LogP contribution in [0.2, 0.25) is 0 Å². The molecule has 3 heteroatoms. The van der Waals surface area contributed by atoms with E-state index in [1.807, 2.05) is 6.92 Å². The normalized spacial score (nSPS) is 12.3. The van der Waals surface area contributed by atoms with E-state index in [0.29, 0.717) is 0 Å². The van der Waals surface area contributed by atoms with Crippen LogP contribution >= 0.6 is 0 Å². The molecule has 0 unspecified atom stereocenters. The van der Waals surface area contributed by atoms with Gasteiger partial charge in [0.2, 0.25) is 6.41 Å². The van der Waals surface area contributed by atoms with Crippen molar-refractivity contribution in [2.45, 2.75) is 38.6 Å². The van der Waals surface area contributed by atoms with E-state index in [9.17, 15) is 4.79 Å². The molecule has 2 rings (SSSR count). The minimum Gasteiger partial charge on any atom is -0.356 e. The number of nitrogens with two attached hydrogens (primary N) is 1. The molecule has 21 heavy (non-hydrogen) atoms. The van der Waals surface area contributed by atoms with Gasteiger partial charge in [0, 0.05) is 6.04 Å². The minimum absolute atomic E-state index is 0.147. The molecule has 1 amide bonds. The molecule has 3 nitrogen and oxygen atoms in total. The van der Waals surface area contributed by atoms with Crippen LogP contribution < -0.4 is 11.1 Å². The molecule has 0 heterocycles. The van der Waals surface area contributed by atoms with Gasteiger partial charge in [0.25, 0.3) is 0 Å². The van der Waals surface area contributed by atoms with Crippen molar-refractivity contribution in [3.8, 4) is 0 Å². The topological polar surface area (TPSA) is 55.1 Å². The molecule has 0 aromatic heterocycles. The van der Waals surface area contributed by atoms with Gasteiger partial charge in [-0.15, -0.1) is 0 Å². The third-order valence-corrected chi connectivity index (χ3v) is 3.88. The zero-order chi connectivity index (χ0) is 15.1. The highest BCUT2D eigenvalue weighted by Crippen LogP contribution is 2.25. The molecule has 0 spiro atoms. The summed E-state index contributed by atoms with van der Waals surface area (Å²) < 4.78 is 0. The summed E-state index contributed by atoms with van der Waals surface area (Å²) in [6.07, 6.45) is 4.88. The highest BCUT2D eigenvalue weighted by molar-refractivity contribution is 5.88. The molecule has 0 fully saturated rings. The second-order valence-corrected chi connectivity index (χ2v) is 5.56. The first-order valence-corrected chi connectivity index (χ1v) is 7.65. The van der Waals surface area contributed by atoms with Gasteiger partial charge in [0.05, 0.1) is 0 Å². The van der Waals surface area contributed by atoms with Gasteiger partial charge in [0.15, 0.2) is 0 Å². The maximum atomic E-state index is 10.5. The van der Waals surface area contributed by atoms with Crippen LogP contribution in [0.3, 0.4) is 0 Å². The Hall–Kier alpha value is -1.87. The molecule has 0 aliphatic rings. The average Bonchev–Trinajstić information content (AvgIpc) is 2.50. The van der Waals surface area contributed by atoms with Crippen molar-refractivity contribution in [1.29, 1.82) is 0 Å². The van der Waals surface area contributed by atoms with E-state index < -0.39 is 0 Å². The van der Waals surface area contributed by atoms with E-state index in [1.165, 1.54) is 21.9 Å². The summed E-state index contributed by atoms with van der Waals surface area (Å²) in [4.78, 5) is 10.5. The van der Waals surface area contributed by atoms with E-state index in [1.54, 1.807) is 0 Å². The highest BCUT2D eigenvalue weighted by Gasteiger charge is 2.08. The number of hydrogen-bond acceptors (Lipinski definition) is 2. The van der Waals surface area contributed by atoms with E-state index in [2.05, 4.69) is 41.7 Å². The van der Waals surface area contributed by atoms with Crippen LogP contribution in [-0.4, -0.2) is 19.0 Å². The van der Waals surface area contributed by atoms with Crippen LogP contribution in [0, 0.1) is 0 Å². The standard InChI is InChI=1S/C18H24N2O/c1-14(20-13-21)12-16-10-9-15(6-4-5-11-19)17-7-2-3-8-18(16)17/h2-3,7-10,13-14H,4-6,11-12,19H2,1H3,(H,20,21)/t14-/m0/s1. The SMILES string of the molecule is C[C@@H](Cc1ccc(CCCCN)c2ccccc12)NC=O. The molecule has 0 saturated heterocycles. The van der Waals surface area contributed by atoms with Crippen molar-refractivity contribution < 1.29 is 4.79 Å². The van der Waals surface area contributed by atoms with Gasteiger partial charge in [-0.1, -0.05) is 36.4 Å². The number of aryl methyl sites for hydroxylation is 1. The lowest BCUT2D eigenvalue weighted by molar-refractivity contribution is -0.110. The monoisotopic (exact) mass is 284 g/mol. The summed E-state index contributed by atoms with van der Waals surface area (Å²) in [5.74, 6) is 0. The fourth-order valence-corrected chi connectivity index (χ4v) is 2.78.